The molecule has 1 aromatic carbocycles. The Morgan fingerprint density at radius 2 is 1.44 bits per heavy atom. The Labute approximate surface area is 152 Å². The van der Waals surface area contributed by atoms with Gasteiger partial charge in [0.1, 0.15) is 5.75 Å². The Kier molecular flexibility index (Phi) is 9.71. The Morgan fingerprint density at radius 3 is 1.84 bits per heavy atom. The maximum atomic E-state index is 12.6. The molecule has 0 bridgehead atoms. The van der Waals surface area contributed by atoms with Crippen molar-refractivity contribution in [3.05, 3.63) is 29.3 Å². The van der Waals surface area contributed by atoms with E-state index in [1.165, 1.54) is 0 Å². The lowest BCUT2D eigenvalue weighted by atomic mass is 9.94. The Hall–Kier alpha value is -1.43. The Bertz CT molecular complexity index is 494. The van der Waals surface area contributed by atoms with Crippen molar-refractivity contribution in [2.75, 3.05) is 47.1 Å². The van der Waals surface area contributed by atoms with Crippen LogP contribution in [0.1, 0.15) is 50.7 Å². The molecule has 0 atom stereocenters. The van der Waals surface area contributed by atoms with Crippen molar-refractivity contribution < 1.29 is 19.0 Å². The quantitative estimate of drug-likeness (QED) is 0.451. The van der Waals surface area contributed by atoms with E-state index >= 15 is 0 Å². The van der Waals surface area contributed by atoms with E-state index in [1.54, 1.807) is 14.2 Å². The van der Waals surface area contributed by atoms with Gasteiger partial charge < -0.3 is 14.2 Å². The zero-order valence-electron chi connectivity index (χ0n) is 16.5. The summed E-state index contributed by atoms with van der Waals surface area (Å²) in [5, 5.41) is 0. The van der Waals surface area contributed by atoms with Crippen LogP contribution in [-0.2, 0) is 14.3 Å². The average Bonchev–Trinajstić information content (AvgIpc) is 2.56. The van der Waals surface area contributed by atoms with Crippen molar-refractivity contribution in [1.82, 2.24) is 4.90 Å². The minimum Gasteiger partial charge on any atom is -0.425 e. The first-order valence-electron chi connectivity index (χ1n) is 8.94. The highest BCUT2D eigenvalue weighted by molar-refractivity contribution is 5.75. The van der Waals surface area contributed by atoms with Gasteiger partial charge >= 0.3 is 5.97 Å². The lowest BCUT2D eigenvalue weighted by Gasteiger charge is -2.22. The van der Waals surface area contributed by atoms with Crippen molar-refractivity contribution >= 4 is 5.97 Å². The third kappa shape index (κ3) is 7.14. The van der Waals surface area contributed by atoms with E-state index in [4.69, 9.17) is 14.2 Å². The van der Waals surface area contributed by atoms with Crippen LogP contribution in [0.5, 0.6) is 5.75 Å². The molecule has 0 saturated carbocycles. The first-order valence-corrected chi connectivity index (χ1v) is 8.94. The maximum Gasteiger partial charge on any atom is 0.325 e. The highest BCUT2D eigenvalue weighted by Gasteiger charge is 2.19. The minimum atomic E-state index is -0.248. The molecule has 0 aromatic heterocycles. The van der Waals surface area contributed by atoms with Crippen molar-refractivity contribution in [1.29, 1.82) is 0 Å². The fraction of sp³-hybridized carbons (Fsp3) is 0.650. The third-order valence-corrected chi connectivity index (χ3v) is 4.11. The summed E-state index contributed by atoms with van der Waals surface area (Å²) in [4.78, 5) is 14.5. The van der Waals surface area contributed by atoms with Crippen LogP contribution in [0, 0.1) is 0 Å². The molecule has 0 amide bonds. The first kappa shape index (κ1) is 21.6. The largest absolute Gasteiger partial charge is 0.425 e. The van der Waals surface area contributed by atoms with E-state index < -0.39 is 0 Å². The molecule has 0 heterocycles. The zero-order valence-corrected chi connectivity index (χ0v) is 16.5. The van der Waals surface area contributed by atoms with Crippen LogP contribution in [-0.4, -0.2) is 57.9 Å². The summed E-state index contributed by atoms with van der Waals surface area (Å²) in [6, 6.07) is 6.10. The van der Waals surface area contributed by atoms with Crippen molar-refractivity contribution in [2.24, 2.45) is 0 Å². The molecule has 25 heavy (non-hydrogen) atoms. The van der Waals surface area contributed by atoms with Gasteiger partial charge in [-0.25, -0.2) is 0 Å². The number of benzene rings is 1. The number of ether oxygens (including phenoxy) is 3. The first-order chi connectivity index (χ1) is 11.9. The highest BCUT2D eigenvalue weighted by Crippen LogP contribution is 2.34. The molecule has 142 valence electrons. The van der Waals surface area contributed by atoms with Crippen molar-refractivity contribution in [2.45, 2.75) is 39.5 Å². The van der Waals surface area contributed by atoms with Gasteiger partial charge in [0.25, 0.3) is 0 Å². The Morgan fingerprint density at radius 1 is 0.960 bits per heavy atom. The minimum absolute atomic E-state index is 0.219. The third-order valence-electron chi connectivity index (χ3n) is 4.11. The zero-order chi connectivity index (χ0) is 18.8. The lowest BCUT2D eigenvalue weighted by Crippen LogP contribution is -2.37. The molecule has 0 aliphatic carbocycles. The summed E-state index contributed by atoms with van der Waals surface area (Å²) < 4.78 is 16.1. The predicted octanol–water partition coefficient (Wildman–Crippen LogP) is 3.43. The molecule has 0 N–H and O–H groups in total. The van der Waals surface area contributed by atoms with Gasteiger partial charge in [-0.2, -0.15) is 0 Å². The van der Waals surface area contributed by atoms with Gasteiger partial charge in [-0.05, 0) is 23.0 Å². The molecule has 0 aliphatic rings. The summed E-state index contributed by atoms with van der Waals surface area (Å²) in [6.07, 6.45) is 0. The molecule has 0 fully saturated rings. The molecule has 0 spiro atoms. The number of carbonyl (C=O) groups excluding carboxylic acids is 1. The summed E-state index contributed by atoms with van der Waals surface area (Å²) in [7, 11) is 3.31. The second-order valence-corrected chi connectivity index (χ2v) is 6.81. The van der Waals surface area contributed by atoms with E-state index in [1.807, 2.05) is 23.1 Å². The number of nitrogens with zero attached hydrogens (tertiary/aromatic N) is 1. The van der Waals surface area contributed by atoms with E-state index in [0.717, 1.165) is 16.9 Å². The second kappa shape index (κ2) is 11.2. The van der Waals surface area contributed by atoms with Gasteiger partial charge in [0, 0.05) is 27.3 Å². The number of rotatable bonds is 11. The highest BCUT2D eigenvalue weighted by atomic mass is 16.5. The number of methoxy groups -OCH3 is 2. The second-order valence-electron chi connectivity index (χ2n) is 6.81. The van der Waals surface area contributed by atoms with Crippen molar-refractivity contribution in [3.63, 3.8) is 0 Å². The molecule has 0 unspecified atom stereocenters. The number of para-hydroxylation sites is 1. The van der Waals surface area contributed by atoms with Gasteiger partial charge in [-0.15, -0.1) is 0 Å². The molecular formula is C20H33NO4. The molecule has 0 aliphatic heterocycles. The van der Waals surface area contributed by atoms with E-state index in [0.29, 0.717) is 38.1 Å². The van der Waals surface area contributed by atoms with Gasteiger partial charge in [0.15, 0.2) is 0 Å². The number of esters is 1. The molecule has 1 aromatic rings. The standard InChI is InChI=1S/C20H33NO4/c1-15(2)17-8-7-9-18(16(3)4)20(17)25-19(22)14-21(10-12-23-5)11-13-24-6/h7-9,15-16H,10-14H2,1-6H3. The Balaban J connectivity index is 2.90. The van der Waals surface area contributed by atoms with Gasteiger partial charge in [0.2, 0.25) is 0 Å². The fourth-order valence-electron chi connectivity index (χ4n) is 2.64. The van der Waals surface area contributed by atoms with E-state index in [9.17, 15) is 4.79 Å². The molecule has 5 heteroatoms. The van der Waals surface area contributed by atoms with Crippen LogP contribution in [0.25, 0.3) is 0 Å². The van der Waals surface area contributed by atoms with Crippen LogP contribution in [0.4, 0.5) is 0 Å². The van der Waals surface area contributed by atoms with Crippen LogP contribution < -0.4 is 4.74 Å². The summed E-state index contributed by atoms with van der Waals surface area (Å²) >= 11 is 0. The van der Waals surface area contributed by atoms with Gasteiger partial charge in [-0.1, -0.05) is 45.9 Å². The van der Waals surface area contributed by atoms with Gasteiger partial charge in [0.05, 0.1) is 19.8 Å². The van der Waals surface area contributed by atoms with Gasteiger partial charge in [-0.3, -0.25) is 9.69 Å². The summed E-state index contributed by atoms with van der Waals surface area (Å²) in [5.74, 6) is 1.05. The van der Waals surface area contributed by atoms with Crippen LogP contribution in [0.15, 0.2) is 18.2 Å². The molecular weight excluding hydrogens is 318 g/mol. The monoisotopic (exact) mass is 351 g/mol. The maximum absolute atomic E-state index is 12.6. The average molecular weight is 351 g/mol. The molecule has 0 saturated heterocycles. The summed E-state index contributed by atoms with van der Waals surface area (Å²) in [6.45, 7) is 11.1. The molecule has 0 radical (unpaired) electrons. The van der Waals surface area contributed by atoms with E-state index in [2.05, 4.69) is 27.7 Å². The van der Waals surface area contributed by atoms with Crippen LogP contribution in [0.2, 0.25) is 0 Å². The number of hydrogen-bond donors (Lipinski definition) is 0. The predicted molar refractivity (Wildman–Crippen MR) is 100 cm³/mol. The van der Waals surface area contributed by atoms with Crippen LogP contribution in [0.3, 0.4) is 0 Å². The summed E-state index contributed by atoms with van der Waals surface area (Å²) in [5.41, 5.74) is 2.14. The normalized spacial score (nSPS) is 11.6. The fourth-order valence-corrected chi connectivity index (χ4v) is 2.64. The van der Waals surface area contributed by atoms with Crippen LogP contribution >= 0.6 is 0 Å². The van der Waals surface area contributed by atoms with E-state index in [-0.39, 0.29) is 12.5 Å². The topological polar surface area (TPSA) is 48.0 Å². The van der Waals surface area contributed by atoms with Crippen molar-refractivity contribution in [3.8, 4) is 5.75 Å². The number of hydrogen-bond acceptors (Lipinski definition) is 5. The smallest absolute Gasteiger partial charge is 0.325 e. The SMILES string of the molecule is COCCN(CCOC)CC(=O)Oc1c(C(C)C)cccc1C(C)C. The molecule has 5 nitrogen and oxygen atoms in total. The lowest BCUT2D eigenvalue weighted by molar-refractivity contribution is -0.136. The molecule has 1 rings (SSSR count). The number of carbonyl (C=O) groups is 1.